The fraction of sp³-hybridized carbons (Fsp3) is 0.650. The second-order valence-electron chi connectivity index (χ2n) is 6.99. The molecule has 1 fully saturated rings. The van der Waals surface area contributed by atoms with Crippen molar-refractivity contribution in [2.45, 2.75) is 51.6 Å². The molecular weight excluding hydrogens is 304 g/mol. The van der Waals surface area contributed by atoms with E-state index in [1.165, 1.54) is 0 Å². The van der Waals surface area contributed by atoms with E-state index in [0.29, 0.717) is 25.4 Å². The van der Waals surface area contributed by atoms with Gasteiger partial charge in [-0.15, -0.1) is 0 Å². The predicted octanol–water partition coefficient (Wildman–Crippen LogP) is 3.46. The summed E-state index contributed by atoms with van der Waals surface area (Å²) in [6.07, 6.45) is 4.96. The molecule has 1 aromatic rings. The SMILES string of the molecule is CCCCOC[C@H]1CCC(=O)[C@@H]1COc1cccc2c1CCC2O. The molecule has 24 heavy (non-hydrogen) atoms. The highest BCUT2D eigenvalue weighted by Crippen LogP contribution is 2.37. The number of ether oxygens (including phenoxy) is 2. The van der Waals surface area contributed by atoms with Crippen LogP contribution in [0.25, 0.3) is 0 Å². The van der Waals surface area contributed by atoms with Crippen LogP contribution < -0.4 is 4.74 Å². The lowest BCUT2D eigenvalue weighted by molar-refractivity contribution is -0.122. The first-order valence-electron chi connectivity index (χ1n) is 9.23. The van der Waals surface area contributed by atoms with Crippen molar-refractivity contribution in [2.75, 3.05) is 19.8 Å². The zero-order valence-electron chi connectivity index (χ0n) is 14.5. The summed E-state index contributed by atoms with van der Waals surface area (Å²) >= 11 is 0. The highest BCUT2D eigenvalue weighted by atomic mass is 16.5. The predicted molar refractivity (Wildman–Crippen MR) is 92.2 cm³/mol. The number of hydrogen-bond donors (Lipinski definition) is 1. The molecule has 0 radical (unpaired) electrons. The standard InChI is InChI=1S/C20H28O4/c1-2-3-11-23-12-14-7-9-19(22)17(14)13-24-20-6-4-5-15-16(20)8-10-18(15)21/h4-6,14,17-18,21H,2-3,7-13H2,1H3/t14-,17-,18?/m1/s1. The van der Waals surface area contributed by atoms with Gasteiger partial charge in [0, 0.05) is 18.6 Å². The van der Waals surface area contributed by atoms with Crippen LogP contribution in [0, 0.1) is 11.8 Å². The number of Topliss-reactive ketones (excluding diaryl/α,β-unsaturated/α-hetero) is 1. The average molecular weight is 332 g/mol. The quantitative estimate of drug-likeness (QED) is 0.741. The third-order valence-electron chi connectivity index (χ3n) is 5.33. The van der Waals surface area contributed by atoms with Gasteiger partial charge in [-0.25, -0.2) is 0 Å². The number of carbonyl (C=O) groups excluding carboxylic acids is 1. The molecule has 4 heteroatoms. The van der Waals surface area contributed by atoms with E-state index in [4.69, 9.17) is 9.47 Å². The Morgan fingerprint density at radius 3 is 2.92 bits per heavy atom. The lowest BCUT2D eigenvalue weighted by atomic mass is 9.97. The summed E-state index contributed by atoms with van der Waals surface area (Å²) < 4.78 is 11.8. The average Bonchev–Trinajstić information content (AvgIpc) is 3.14. The smallest absolute Gasteiger partial charge is 0.139 e. The van der Waals surface area contributed by atoms with E-state index >= 15 is 0 Å². The zero-order chi connectivity index (χ0) is 16.9. The molecule has 0 heterocycles. The van der Waals surface area contributed by atoms with E-state index < -0.39 is 0 Å². The number of unbranched alkanes of at least 4 members (excludes halogenated alkanes) is 1. The molecule has 0 amide bonds. The number of aliphatic hydroxyl groups is 1. The number of fused-ring (bicyclic) bond motifs is 1. The van der Waals surface area contributed by atoms with Crippen LogP contribution in [0.15, 0.2) is 18.2 Å². The first kappa shape index (κ1) is 17.4. The Hall–Kier alpha value is -1.39. The third kappa shape index (κ3) is 3.81. The van der Waals surface area contributed by atoms with E-state index in [0.717, 1.165) is 55.6 Å². The normalized spacial score (nSPS) is 25.9. The van der Waals surface area contributed by atoms with Gasteiger partial charge in [-0.3, -0.25) is 4.79 Å². The van der Waals surface area contributed by atoms with Crippen molar-refractivity contribution < 1.29 is 19.4 Å². The minimum Gasteiger partial charge on any atom is -0.493 e. The second-order valence-corrected chi connectivity index (χ2v) is 6.99. The largest absolute Gasteiger partial charge is 0.493 e. The molecule has 132 valence electrons. The van der Waals surface area contributed by atoms with E-state index in [1.54, 1.807) is 0 Å². The summed E-state index contributed by atoms with van der Waals surface area (Å²) in [5.74, 6) is 1.34. The van der Waals surface area contributed by atoms with Gasteiger partial charge in [0.15, 0.2) is 0 Å². The maximum absolute atomic E-state index is 12.2. The monoisotopic (exact) mass is 332 g/mol. The van der Waals surface area contributed by atoms with Gasteiger partial charge < -0.3 is 14.6 Å². The lowest BCUT2D eigenvalue weighted by Gasteiger charge is -2.20. The van der Waals surface area contributed by atoms with Crippen molar-refractivity contribution in [1.29, 1.82) is 0 Å². The molecule has 1 unspecified atom stereocenters. The highest BCUT2D eigenvalue weighted by Gasteiger charge is 2.35. The van der Waals surface area contributed by atoms with Crippen molar-refractivity contribution in [3.63, 3.8) is 0 Å². The van der Waals surface area contributed by atoms with Crippen molar-refractivity contribution >= 4 is 5.78 Å². The first-order chi connectivity index (χ1) is 11.7. The Morgan fingerprint density at radius 2 is 2.08 bits per heavy atom. The van der Waals surface area contributed by atoms with Crippen LogP contribution in [0.4, 0.5) is 0 Å². The van der Waals surface area contributed by atoms with Crippen molar-refractivity contribution in [2.24, 2.45) is 11.8 Å². The van der Waals surface area contributed by atoms with Crippen molar-refractivity contribution in [3.8, 4) is 5.75 Å². The fourth-order valence-corrected chi connectivity index (χ4v) is 3.80. The first-order valence-corrected chi connectivity index (χ1v) is 9.23. The maximum Gasteiger partial charge on any atom is 0.139 e. The number of benzene rings is 1. The molecule has 4 nitrogen and oxygen atoms in total. The molecule has 0 bridgehead atoms. The summed E-state index contributed by atoms with van der Waals surface area (Å²) in [6.45, 7) is 4.01. The van der Waals surface area contributed by atoms with Gasteiger partial charge in [-0.2, -0.15) is 0 Å². The lowest BCUT2D eigenvalue weighted by Crippen LogP contribution is -2.26. The second kappa shape index (κ2) is 8.13. The van der Waals surface area contributed by atoms with Crippen LogP contribution in [0.2, 0.25) is 0 Å². The molecule has 1 aromatic carbocycles. The molecule has 0 aromatic heterocycles. The molecule has 0 saturated heterocycles. The fourth-order valence-electron chi connectivity index (χ4n) is 3.80. The molecule has 1 N–H and O–H groups in total. The van der Waals surface area contributed by atoms with Gasteiger partial charge in [0.2, 0.25) is 0 Å². The Morgan fingerprint density at radius 1 is 1.21 bits per heavy atom. The van der Waals surface area contributed by atoms with Crippen LogP contribution >= 0.6 is 0 Å². The summed E-state index contributed by atoms with van der Waals surface area (Å²) in [6, 6.07) is 5.83. The number of carbonyl (C=O) groups is 1. The number of ketones is 1. The molecule has 0 spiro atoms. The van der Waals surface area contributed by atoms with Gasteiger partial charge in [0.05, 0.1) is 25.2 Å². The van der Waals surface area contributed by atoms with Crippen molar-refractivity contribution in [3.05, 3.63) is 29.3 Å². The molecule has 3 atom stereocenters. The van der Waals surface area contributed by atoms with Crippen LogP contribution in [-0.4, -0.2) is 30.7 Å². The molecule has 3 rings (SSSR count). The minimum atomic E-state index is -0.378. The van der Waals surface area contributed by atoms with Crippen LogP contribution in [0.1, 0.15) is 56.3 Å². The summed E-state index contributed by atoms with van der Waals surface area (Å²) in [4.78, 5) is 12.2. The van der Waals surface area contributed by atoms with E-state index in [-0.39, 0.29) is 17.9 Å². The molecule has 1 saturated carbocycles. The molecular formula is C20H28O4. The third-order valence-corrected chi connectivity index (χ3v) is 5.33. The Labute approximate surface area is 144 Å². The Balaban J connectivity index is 1.58. The summed E-state index contributed by atoms with van der Waals surface area (Å²) in [7, 11) is 0. The van der Waals surface area contributed by atoms with Crippen molar-refractivity contribution in [1.82, 2.24) is 0 Å². The molecule has 2 aliphatic rings. The molecule has 0 aliphatic heterocycles. The van der Waals surface area contributed by atoms with Crippen LogP contribution in [-0.2, 0) is 16.0 Å². The van der Waals surface area contributed by atoms with E-state index in [2.05, 4.69) is 6.92 Å². The topological polar surface area (TPSA) is 55.8 Å². The zero-order valence-corrected chi connectivity index (χ0v) is 14.5. The van der Waals surface area contributed by atoms with E-state index in [9.17, 15) is 9.90 Å². The maximum atomic E-state index is 12.2. The van der Waals surface area contributed by atoms with Gasteiger partial charge in [0.1, 0.15) is 11.5 Å². The van der Waals surface area contributed by atoms with Crippen LogP contribution in [0.3, 0.4) is 0 Å². The number of aliphatic hydroxyl groups excluding tert-OH is 1. The Bertz CT molecular complexity index is 569. The highest BCUT2D eigenvalue weighted by molar-refractivity contribution is 5.83. The number of rotatable bonds is 8. The van der Waals surface area contributed by atoms with Crippen LogP contribution in [0.5, 0.6) is 5.75 Å². The van der Waals surface area contributed by atoms with Gasteiger partial charge >= 0.3 is 0 Å². The van der Waals surface area contributed by atoms with Gasteiger partial charge in [0.25, 0.3) is 0 Å². The Kier molecular flexibility index (Phi) is 5.90. The number of hydrogen-bond acceptors (Lipinski definition) is 4. The van der Waals surface area contributed by atoms with Gasteiger partial charge in [-0.1, -0.05) is 25.5 Å². The summed E-state index contributed by atoms with van der Waals surface area (Å²) in [5, 5.41) is 9.98. The minimum absolute atomic E-state index is 0.0613. The van der Waals surface area contributed by atoms with Gasteiger partial charge in [-0.05, 0) is 43.2 Å². The molecule has 2 aliphatic carbocycles. The van der Waals surface area contributed by atoms with E-state index in [1.807, 2.05) is 18.2 Å². The summed E-state index contributed by atoms with van der Waals surface area (Å²) in [5.41, 5.74) is 2.08.